The fourth-order valence-electron chi connectivity index (χ4n) is 2.42. The van der Waals surface area contributed by atoms with E-state index < -0.39 is 7.37 Å². The number of hydrogen-bond donors (Lipinski definition) is 1. The lowest BCUT2D eigenvalue weighted by atomic mass is 10.0. The zero-order valence-corrected chi connectivity index (χ0v) is 11.3. The second kappa shape index (κ2) is 4.84. The monoisotopic (exact) mass is 274 g/mol. The molecule has 0 spiro atoms. The predicted molar refractivity (Wildman–Crippen MR) is 76.3 cm³/mol. The van der Waals surface area contributed by atoms with Gasteiger partial charge in [0, 0.05) is 18.3 Å². The van der Waals surface area contributed by atoms with Gasteiger partial charge in [-0.2, -0.15) is 0 Å². The van der Waals surface area contributed by atoms with E-state index in [1.165, 1.54) is 0 Å². The maximum absolute atomic E-state index is 13.0. The van der Waals surface area contributed by atoms with Crippen molar-refractivity contribution in [1.82, 2.24) is 0 Å². The molecule has 3 rings (SSSR count). The molecule has 1 heterocycles. The average molecular weight is 274 g/mol. The molecule has 0 aliphatic carbocycles. The Morgan fingerprint density at radius 1 is 1.00 bits per heavy atom. The van der Waals surface area contributed by atoms with Gasteiger partial charge in [-0.3, -0.25) is 4.57 Å². The fourth-order valence-corrected chi connectivity index (χ4v) is 4.76. The van der Waals surface area contributed by atoms with E-state index in [0.717, 1.165) is 16.4 Å². The van der Waals surface area contributed by atoms with Gasteiger partial charge in [0.2, 0.25) is 0 Å². The van der Waals surface area contributed by atoms with Gasteiger partial charge in [-0.1, -0.05) is 36.4 Å². The Hall–Kier alpha value is -1.57. The van der Waals surface area contributed by atoms with Crippen molar-refractivity contribution in [2.24, 2.45) is 0 Å². The number of aliphatic hydroxyl groups is 1. The zero-order chi connectivity index (χ0) is 13.3. The second-order valence-corrected chi connectivity index (χ2v) is 7.04. The van der Waals surface area contributed by atoms with Crippen LogP contribution in [0.25, 0.3) is 11.1 Å². The smallest absolute Gasteiger partial charge is 0.277 e. The van der Waals surface area contributed by atoms with Crippen molar-refractivity contribution in [2.45, 2.75) is 6.42 Å². The van der Waals surface area contributed by atoms with Crippen LogP contribution in [0.2, 0.25) is 0 Å². The number of hydrogen-bond acceptors (Lipinski definition) is 3. The summed E-state index contributed by atoms with van der Waals surface area (Å²) < 4.78 is 18.8. The van der Waals surface area contributed by atoms with Crippen LogP contribution in [0.5, 0.6) is 5.75 Å². The number of rotatable bonds is 3. The first-order chi connectivity index (χ1) is 9.24. The van der Waals surface area contributed by atoms with Crippen LogP contribution in [-0.2, 0) is 4.57 Å². The van der Waals surface area contributed by atoms with E-state index >= 15 is 0 Å². The molecule has 0 radical (unpaired) electrons. The van der Waals surface area contributed by atoms with Gasteiger partial charge < -0.3 is 9.63 Å². The first-order valence-electron chi connectivity index (χ1n) is 6.33. The van der Waals surface area contributed by atoms with Gasteiger partial charge in [-0.05, 0) is 24.1 Å². The normalized spacial score (nSPS) is 20.3. The van der Waals surface area contributed by atoms with Crippen LogP contribution in [0.15, 0.2) is 48.5 Å². The van der Waals surface area contributed by atoms with Crippen molar-refractivity contribution in [3.63, 3.8) is 0 Å². The van der Waals surface area contributed by atoms with Crippen molar-refractivity contribution in [2.75, 3.05) is 12.8 Å². The molecule has 98 valence electrons. The number of benzene rings is 2. The minimum atomic E-state index is -2.91. The highest BCUT2D eigenvalue weighted by Crippen LogP contribution is 2.54. The molecule has 2 aromatic rings. The van der Waals surface area contributed by atoms with E-state index in [-0.39, 0.29) is 6.61 Å². The van der Waals surface area contributed by atoms with E-state index in [1.54, 1.807) is 0 Å². The highest BCUT2D eigenvalue weighted by Gasteiger charge is 2.34. The highest BCUT2D eigenvalue weighted by atomic mass is 31.2. The molecule has 1 N–H and O–H groups in total. The highest BCUT2D eigenvalue weighted by molar-refractivity contribution is 7.67. The van der Waals surface area contributed by atoms with Crippen molar-refractivity contribution in [1.29, 1.82) is 0 Å². The zero-order valence-electron chi connectivity index (χ0n) is 10.5. The molecule has 0 aromatic heterocycles. The van der Waals surface area contributed by atoms with E-state index in [0.29, 0.717) is 18.3 Å². The van der Waals surface area contributed by atoms with Gasteiger partial charge in [-0.25, -0.2) is 0 Å². The van der Waals surface area contributed by atoms with Crippen molar-refractivity contribution in [3.8, 4) is 16.9 Å². The second-order valence-electron chi connectivity index (χ2n) is 4.58. The molecular formula is C15H15O3P. The first-order valence-corrected chi connectivity index (χ1v) is 8.14. The molecule has 1 aliphatic heterocycles. The lowest BCUT2D eigenvalue weighted by Gasteiger charge is -2.28. The topological polar surface area (TPSA) is 46.5 Å². The Balaban J connectivity index is 2.17. The van der Waals surface area contributed by atoms with Crippen LogP contribution in [0.3, 0.4) is 0 Å². The third-order valence-electron chi connectivity index (χ3n) is 3.30. The van der Waals surface area contributed by atoms with Crippen molar-refractivity contribution < 1.29 is 14.2 Å². The molecule has 0 saturated carbocycles. The van der Waals surface area contributed by atoms with Crippen LogP contribution in [0, 0.1) is 0 Å². The van der Waals surface area contributed by atoms with Gasteiger partial charge in [-0.15, -0.1) is 0 Å². The largest absolute Gasteiger partial charge is 0.439 e. The van der Waals surface area contributed by atoms with Crippen LogP contribution in [0.1, 0.15) is 6.42 Å². The van der Waals surface area contributed by atoms with Gasteiger partial charge in [0.1, 0.15) is 5.75 Å². The third-order valence-corrected chi connectivity index (χ3v) is 5.83. The molecule has 1 unspecified atom stereocenters. The molecule has 2 aromatic carbocycles. The lowest BCUT2D eigenvalue weighted by Crippen LogP contribution is -2.20. The third kappa shape index (κ3) is 2.09. The Kier molecular flexibility index (Phi) is 3.17. The van der Waals surface area contributed by atoms with Crippen LogP contribution >= 0.6 is 7.37 Å². The summed E-state index contributed by atoms with van der Waals surface area (Å²) in [6, 6.07) is 15.3. The van der Waals surface area contributed by atoms with E-state index in [9.17, 15) is 4.57 Å². The van der Waals surface area contributed by atoms with Crippen LogP contribution in [-0.4, -0.2) is 17.9 Å². The number of fused-ring (bicyclic) bond motifs is 3. The molecule has 0 amide bonds. The van der Waals surface area contributed by atoms with Gasteiger partial charge >= 0.3 is 0 Å². The minimum absolute atomic E-state index is 0.0250. The van der Waals surface area contributed by atoms with Crippen molar-refractivity contribution >= 4 is 12.7 Å². The summed E-state index contributed by atoms with van der Waals surface area (Å²) in [6.07, 6.45) is 0.850. The Bertz CT molecular complexity index is 651. The standard InChI is InChI=1S/C15H15O3P/c16-10-5-11-19(17)15-9-4-2-7-13(15)12-6-1-3-8-14(12)18-19/h1-4,6-9,16H,5,10-11H2. The quantitative estimate of drug-likeness (QED) is 0.875. The van der Waals surface area contributed by atoms with Crippen molar-refractivity contribution in [3.05, 3.63) is 48.5 Å². The summed E-state index contributed by atoms with van der Waals surface area (Å²) in [5.41, 5.74) is 1.96. The SMILES string of the molecule is O=P1(CCCO)Oc2ccccc2-c2ccccc21. The number of aliphatic hydroxyl groups excluding tert-OH is 1. The van der Waals surface area contributed by atoms with E-state index in [4.69, 9.17) is 9.63 Å². The Labute approximate surface area is 112 Å². The van der Waals surface area contributed by atoms with Crippen LogP contribution in [0.4, 0.5) is 0 Å². The molecule has 3 nitrogen and oxygen atoms in total. The van der Waals surface area contributed by atoms with E-state index in [2.05, 4.69) is 0 Å². The maximum Gasteiger partial charge on any atom is 0.277 e. The molecule has 4 heteroatoms. The maximum atomic E-state index is 13.0. The average Bonchev–Trinajstić information content (AvgIpc) is 2.46. The predicted octanol–water partition coefficient (Wildman–Crippen LogP) is 3.03. The summed E-state index contributed by atoms with van der Waals surface area (Å²) in [4.78, 5) is 0. The molecule has 1 aliphatic rings. The molecule has 0 saturated heterocycles. The summed E-state index contributed by atoms with van der Waals surface area (Å²) in [6.45, 7) is 0.0250. The fraction of sp³-hybridized carbons (Fsp3) is 0.200. The molecule has 0 bridgehead atoms. The van der Waals surface area contributed by atoms with E-state index in [1.807, 2.05) is 48.5 Å². The first kappa shape index (κ1) is 12.5. The minimum Gasteiger partial charge on any atom is -0.439 e. The van der Waals surface area contributed by atoms with Gasteiger partial charge in [0.15, 0.2) is 0 Å². The molecule has 1 atom stereocenters. The summed E-state index contributed by atoms with van der Waals surface area (Å²) in [5, 5.41) is 9.74. The molecule has 19 heavy (non-hydrogen) atoms. The van der Waals surface area contributed by atoms with Gasteiger partial charge in [0.05, 0.1) is 5.30 Å². The van der Waals surface area contributed by atoms with Crippen LogP contribution < -0.4 is 9.83 Å². The lowest BCUT2D eigenvalue weighted by molar-refractivity contribution is 0.294. The summed E-state index contributed by atoms with van der Waals surface area (Å²) >= 11 is 0. The molecular weight excluding hydrogens is 259 g/mol. The molecule has 0 fully saturated rings. The Morgan fingerprint density at radius 2 is 1.68 bits per heavy atom. The van der Waals surface area contributed by atoms with Gasteiger partial charge in [0.25, 0.3) is 7.37 Å². The number of para-hydroxylation sites is 1. The Morgan fingerprint density at radius 3 is 2.47 bits per heavy atom. The summed E-state index contributed by atoms with van der Waals surface area (Å²) in [5.74, 6) is 0.669. The summed E-state index contributed by atoms with van der Waals surface area (Å²) in [7, 11) is -2.91.